The maximum Gasteiger partial charge on any atom is 0.0920 e. The first kappa shape index (κ1) is 9.70. The van der Waals surface area contributed by atoms with Gasteiger partial charge in [-0.05, 0) is 6.07 Å². The maximum absolute atomic E-state index is 9.84. The van der Waals surface area contributed by atoms with Gasteiger partial charge in [0.25, 0.3) is 0 Å². The number of aromatic nitrogens is 1. The standard InChI is InChI=1S/C13H11NO/c1-2-5-12(15)11-8-3-6-10-7-4-9-14-13(10)11/h1,3-4,6-9,12,15H,5H2. The number of rotatable bonds is 2. The molecule has 74 valence electrons. The molecule has 0 radical (unpaired) electrons. The Kier molecular flexibility index (Phi) is 2.66. The molecule has 1 aromatic carbocycles. The molecule has 1 atom stereocenters. The van der Waals surface area contributed by atoms with Crippen LogP contribution in [0.15, 0.2) is 36.5 Å². The summed E-state index contributed by atoms with van der Waals surface area (Å²) in [4.78, 5) is 4.26. The Bertz CT molecular complexity index is 508. The monoisotopic (exact) mass is 197 g/mol. The highest BCUT2D eigenvalue weighted by atomic mass is 16.3. The van der Waals surface area contributed by atoms with E-state index in [0.717, 1.165) is 16.5 Å². The molecule has 0 aliphatic rings. The summed E-state index contributed by atoms with van der Waals surface area (Å²) in [5.41, 5.74) is 1.62. The average molecular weight is 197 g/mol. The van der Waals surface area contributed by atoms with E-state index in [9.17, 15) is 5.11 Å². The minimum absolute atomic E-state index is 0.315. The highest BCUT2D eigenvalue weighted by molar-refractivity contribution is 5.81. The van der Waals surface area contributed by atoms with E-state index in [-0.39, 0.29) is 0 Å². The van der Waals surface area contributed by atoms with Gasteiger partial charge in [0.05, 0.1) is 11.6 Å². The van der Waals surface area contributed by atoms with Crippen LogP contribution in [0.2, 0.25) is 0 Å². The van der Waals surface area contributed by atoms with Gasteiger partial charge in [-0.25, -0.2) is 0 Å². The fraction of sp³-hybridized carbons (Fsp3) is 0.154. The van der Waals surface area contributed by atoms with Gasteiger partial charge in [-0.2, -0.15) is 0 Å². The largest absolute Gasteiger partial charge is 0.387 e. The number of para-hydroxylation sites is 1. The molecule has 2 aromatic rings. The molecule has 2 nitrogen and oxygen atoms in total. The van der Waals surface area contributed by atoms with Crippen molar-refractivity contribution in [2.75, 3.05) is 0 Å². The lowest BCUT2D eigenvalue weighted by Gasteiger charge is -2.09. The summed E-state index contributed by atoms with van der Waals surface area (Å²) in [6, 6.07) is 9.57. The zero-order valence-electron chi connectivity index (χ0n) is 8.22. The fourth-order valence-electron chi connectivity index (χ4n) is 1.62. The fourth-order valence-corrected chi connectivity index (χ4v) is 1.62. The third-order valence-corrected chi connectivity index (χ3v) is 2.33. The number of aliphatic hydroxyl groups excluding tert-OH is 1. The van der Waals surface area contributed by atoms with Crippen molar-refractivity contribution < 1.29 is 5.11 Å². The van der Waals surface area contributed by atoms with Gasteiger partial charge in [-0.3, -0.25) is 4.98 Å². The molecule has 1 heterocycles. The second kappa shape index (κ2) is 4.12. The molecule has 15 heavy (non-hydrogen) atoms. The van der Waals surface area contributed by atoms with Crippen LogP contribution < -0.4 is 0 Å². The van der Waals surface area contributed by atoms with Crippen molar-refractivity contribution in [1.82, 2.24) is 4.98 Å². The van der Waals surface area contributed by atoms with Gasteiger partial charge < -0.3 is 5.11 Å². The van der Waals surface area contributed by atoms with E-state index in [0.29, 0.717) is 6.42 Å². The minimum atomic E-state index is -0.631. The first-order valence-electron chi connectivity index (χ1n) is 4.78. The lowest BCUT2D eigenvalue weighted by Crippen LogP contribution is -1.97. The summed E-state index contributed by atoms with van der Waals surface area (Å²) in [6.45, 7) is 0. The normalized spacial score (nSPS) is 12.3. The summed E-state index contributed by atoms with van der Waals surface area (Å²) in [5.74, 6) is 2.45. The number of terminal acetylenes is 1. The van der Waals surface area contributed by atoms with Crippen molar-refractivity contribution in [2.24, 2.45) is 0 Å². The summed E-state index contributed by atoms with van der Waals surface area (Å²) >= 11 is 0. The number of aliphatic hydroxyl groups is 1. The van der Waals surface area contributed by atoms with Crippen molar-refractivity contribution >= 4 is 10.9 Å². The van der Waals surface area contributed by atoms with Crippen LogP contribution in [0.4, 0.5) is 0 Å². The number of hydrogen-bond donors (Lipinski definition) is 1. The molecule has 0 saturated heterocycles. The molecular formula is C13H11NO. The SMILES string of the molecule is C#CCC(O)c1cccc2cccnc12. The molecule has 2 rings (SSSR count). The highest BCUT2D eigenvalue weighted by Crippen LogP contribution is 2.23. The Morgan fingerprint density at radius 2 is 2.13 bits per heavy atom. The smallest absolute Gasteiger partial charge is 0.0920 e. The molecule has 0 spiro atoms. The van der Waals surface area contributed by atoms with Crippen LogP contribution in [0.1, 0.15) is 18.1 Å². The third kappa shape index (κ3) is 1.83. The van der Waals surface area contributed by atoms with Gasteiger partial charge in [-0.1, -0.05) is 24.3 Å². The highest BCUT2D eigenvalue weighted by Gasteiger charge is 2.09. The molecule has 0 bridgehead atoms. The third-order valence-electron chi connectivity index (χ3n) is 2.33. The molecule has 1 aromatic heterocycles. The van der Waals surface area contributed by atoms with Gasteiger partial charge >= 0.3 is 0 Å². The van der Waals surface area contributed by atoms with Crippen LogP contribution in [0.3, 0.4) is 0 Å². The van der Waals surface area contributed by atoms with E-state index in [1.54, 1.807) is 6.20 Å². The van der Waals surface area contributed by atoms with Crippen LogP contribution in [0.25, 0.3) is 10.9 Å². The maximum atomic E-state index is 9.84. The van der Waals surface area contributed by atoms with Crippen LogP contribution in [-0.4, -0.2) is 10.1 Å². The molecule has 0 aliphatic heterocycles. The van der Waals surface area contributed by atoms with Gasteiger partial charge in [0.1, 0.15) is 0 Å². The van der Waals surface area contributed by atoms with Crippen LogP contribution >= 0.6 is 0 Å². The van der Waals surface area contributed by atoms with Crippen LogP contribution in [-0.2, 0) is 0 Å². The van der Waals surface area contributed by atoms with Gasteiger partial charge in [0.15, 0.2) is 0 Å². The van der Waals surface area contributed by atoms with Gasteiger partial charge in [-0.15, -0.1) is 12.3 Å². The summed E-state index contributed by atoms with van der Waals surface area (Å²) < 4.78 is 0. The first-order valence-corrected chi connectivity index (χ1v) is 4.78. The number of fused-ring (bicyclic) bond motifs is 1. The Labute approximate surface area is 88.6 Å². The summed E-state index contributed by atoms with van der Waals surface area (Å²) in [6.07, 6.45) is 6.58. The van der Waals surface area contributed by atoms with Crippen LogP contribution in [0, 0.1) is 12.3 Å². The minimum Gasteiger partial charge on any atom is -0.387 e. The lowest BCUT2D eigenvalue weighted by atomic mass is 10.0. The second-order valence-corrected chi connectivity index (χ2v) is 3.35. The summed E-state index contributed by atoms with van der Waals surface area (Å²) in [7, 11) is 0. The molecule has 0 saturated carbocycles. The predicted molar refractivity (Wildman–Crippen MR) is 60.2 cm³/mol. The predicted octanol–water partition coefficient (Wildman–Crippen LogP) is 2.29. The zero-order chi connectivity index (χ0) is 10.7. The van der Waals surface area contributed by atoms with Crippen molar-refractivity contribution in [1.29, 1.82) is 0 Å². The molecule has 0 aliphatic carbocycles. The van der Waals surface area contributed by atoms with Gasteiger partial charge in [0, 0.05) is 23.6 Å². The van der Waals surface area contributed by atoms with E-state index in [4.69, 9.17) is 6.42 Å². The quantitative estimate of drug-likeness (QED) is 0.749. The van der Waals surface area contributed by atoms with E-state index >= 15 is 0 Å². The van der Waals surface area contributed by atoms with Crippen LogP contribution in [0.5, 0.6) is 0 Å². The van der Waals surface area contributed by atoms with Crippen molar-refractivity contribution in [2.45, 2.75) is 12.5 Å². The molecule has 1 unspecified atom stereocenters. The second-order valence-electron chi connectivity index (χ2n) is 3.35. The number of pyridine rings is 1. The lowest BCUT2D eigenvalue weighted by molar-refractivity contribution is 0.185. The summed E-state index contributed by atoms with van der Waals surface area (Å²) in [5, 5.41) is 10.9. The molecule has 0 fully saturated rings. The number of nitrogens with zero attached hydrogens (tertiary/aromatic N) is 1. The molecule has 0 amide bonds. The first-order chi connectivity index (χ1) is 7.33. The molecular weight excluding hydrogens is 186 g/mol. The Hall–Kier alpha value is -1.85. The average Bonchev–Trinajstić information content (AvgIpc) is 2.28. The van der Waals surface area contributed by atoms with E-state index in [1.807, 2.05) is 30.3 Å². The van der Waals surface area contributed by atoms with Crippen molar-refractivity contribution in [3.63, 3.8) is 0 Å². The van der Waals surface area contributed by atoms with E-state index in [2.05, 4.69) is 10.9 Å². The zero-order valence-corrected chi connectivity index (χ0v) is 8.22. The molecule has 1 N–H and O–H groups in total. The van der Waals surface area contributed by atoms with Crippen molar-refractivity contribution in [3.05, 3.63) is 42.1 Å². The van der Waals surface area contributed by atoms with Crippen molar-refractivity contribution in [3.8, 4) is 12.3 Å². The Morgan fingerprint density at radius 3 is 2.93 bits per heavy atom. The topological polar surface area (TPSA) is 33.1 Å². The van der Waals surface area contributed by atoms with E-state index in [1.165, 1.54) is 0 Å². The van der Waals surface area contributed by atoms with E-state index < -0.39 is 6.10 Å². The number of hydrogen-bond acceptors (Lipinski definition) is 2. The number of benzene rings is 1. The molecule has 2 heteroatoms. The Balaban J connectivity index is 2.56. The Morgan fingerprint density at radius 1 is 1.33 bits per heavy atom. The van der Waals surface area contributed by atoms with Gasteiger partial charge in [0.2, 0.25) is 0 Å².